The van der Waals surface area contributed by atoms with Crippen LogP contribution in [0.25, 0.3) is 0 Å². The summed E-state index contributed by atoms with van der Waals surface area (Å²) >= 11 is 0. The fourth-order valence-electron chi connectivity index (χ4n) is 2.02. The summed E-state index contributed by atoms with van der Waals surface area (Å²) in [5.41, 5.74) is 2.87. The van der Waals surface area contributed by atoms with Crippen molar-refractivity contribution in [3.8, 4) is 0 Å². The highest BCUT2D eigenvalue weighted by Crippen LogP contribution is 2.30. The van der Waals surface area contributed by atoms with Crippen molar-refractivity contribution >= 4 is 0 Å². The van der Waals surface area contributed by atoms with Gasteiger partial charge in [-0.1, -0.05) is 38.5 Å². The molecule has 16 heavy (non-hydrogen) atoms. The lowest BCUT2D eigenvalue weighted by molar-refractivity contribution is 0.0318. The van der Waals surface area contributed by atoms with Crippen molar-refractivity contribution in [2.45, 2.75) is 53.1 Å². The Hall–Kier alpha value is -0.820. The maximum atomic E-state index is 10.5. The van der Waals surface area contributed by atoms with E-state index in [9.17, 15) is 5.11 Å². The molecule has 0 saturated heterocycles. The largest absolute Gasteiger partial charge is 0.385 e. The maximum absolute atomic E-state index is 10.5. The third-order valence-corrected chi connectivity index (χ3v) is 3.57. The molecule has 1 aromatic carbocycles. The van der Waals surface area contributed by atoms with Gasteiger partial charge in [0.2, 0.25) is 0 Å². The Morgan fingerprint density at radius 3 is 2.38 bits per heavy atom. The third-order valence-electron chi connectivity index (χ3n) is 3.57. The van der Waals surface area contributed by atoms with Crippen LogP contribution in [0.4, 0.5) is 0 Å². The van der Waals surface area contributed by atoms with Gasteiger partial charge in [0.15, 0.2) is 0 Å². The van der Waals surface area contributed by atoms with Crippen LogP contribution < -0.4 is 0 Å². The Labute approximate surface area is 99.5 Å². The topological polar surface area (TPSA) is 20.2 Å². The van der Waals surface area contributed by atoms with Crippen LogP contribution in [0.3, 0.4) is 0 Å². The highest BCUT2D eigenvalue weighted by Gasteiger charge is 2.25. The Morgan fingerprint density at radius 2 is 1.88 bits per heavy atom. The number of hydrogen-bond donors (Lipinski definition) is 1. The zero-order valence-electron chi connectivity index (χ0n) is 11.2. The van der Waals surface area contributed by atoms with Crippen LogP contribution in [0, 0.1) is 19.8 Å². The molecule has 1 nitrogen and oxygen atoms in total. The summed E-state index contributed by atoms with van der Waals surface area (Å²) in [6.45, 7) is 10.5. The maximum Gasteiger partial charge on any atom is 0.0871 e. The normalized spacial score (nSPS) is 16.9. The standard InChI is InChI=1S/C15H24O/c1-6-11(2)10-15(5,16)14-8-7-12(3)13(4)9-14/h7-9,11,16H,6,10H2,1-5H3. The van der Waals surface area contributed by atoms with Crippen LogP contribution in [-0.2, 0) is 5.60 Å². The highest BCUT2D eigenvalue weighted by molar-refractivity contribution is 5.32. The molecule has 1 aromatic rings. The molecule has 0 bridgehead atoms. The fraction of sp³-hybridized carbons (Fsp3) is 0.600. The van der Waals surface area contributed by atoms with Crippen molar-refractivity contribution in [3.05, 3.63) is 34.9 Å². The molecule has 0 amide bonds. The predicted octanol–water partition coefficient (Wildman–Crippen LogP) is 3.95. The van der Waals surface area contributed by atoms with Crippen LogP contribution in [0.2, 0.25) is 0 Å². The van der Waals surface area contributed by atoms with E-state index in [-0.39, 0.29) is 0 Å². The average molecular weight is 220 g/mol. The van der Waals surface area contributed by atoms with Crippen molar-refractivity contribution in [1.29, 1.82) is 0 Å². The van der Waals surface area contributed by atoms with E-state index in [0.717, 1.165) is 18.4 Å². The molecule has 0 aliphatic carbocycles. The summed E-state index contributed by atoms with van der Waals surface area (Å²) in [4.78, 5) is 0. The zero-order chi connectivity index (χ0) is 12.3. The summed E-state index contributed by atoms with van der Waals surface area (Å²) in [6, 6.07) is 6.25. The third kappa shape index (κ3) is 3.08. The minimum atomic E-state index is -0.701. The number of benzene rings is 1. The molecular formula is C15H24O. The Kier molecular flexibility index (Phi) is 4.15. The van der Waals surface area contributed by atoms with E-state index in [4.69, 9.17) is 0 Å². The lowest BCUT2D eigenvalue weighted by Crippen LogP contribution is -2.24. The van der Waals surface area contributed by atoms with Crippen LogP contribution in [0.5, 0.6) is 0 Å². The van der Waals surface area contributed by atoms with E-state index < -0.39 is 5.60 Å². The molecule has 0 fully saturated rings. The molecule has 0 aliphatic heterocycles. The first-order valence-corrected chi connectivity index (χ1v) is 6.17. The Morgan fingerprint density at radius 1 is 1.25 bits per heavy atom. The van der Waals surface area contributed by atoms with E-state index in [2.05, 4.69) is 39.8 Å². The lowest BCUT2D eigenvalue weighted by Gasteiger charge is -2.27. The van der Waals surface area contributed by atoms with Crippen LogP contribution in [0.15, 0.2) is 18.2 Å². The summed E-state index contributed by atoms with van der Waals surface area (Å²) in [7, 11) is 0. The molecule has 1 rings (SSSR count). The molecule has 2 unspecified atom stereocenters. The van der Waals surface area contributed by atoms with Gasteiger partial charge < -0.3 is 5.11 Å². The number of rotatable bonds is 4. The molecule has 0 heterocycles. The first kappa shape index (κ1) is 13.2. The second-order valence-corrected chi connectivity index (χ2v) is 5.29. The average Bonchev–Trinajstić information content (AvgIpc) is 2.21. The second kappa shape index (κ2) is 5.01. The molecule has 0 spiro atoms. The SMILES string of the molecule is CCC(C)CC(C)(O)c1ccc(C)c(C)c1. The van der Waals surface area contributed by atoms with Gasteiger partial charge in [0.05, 0.1) is 5.60 Å². The van der Waals surface area contributed by atoms with Crippen molar-refractivity contribution in [3.63, 3.8) is 0 Å². The van der Waals surface area contributed by atoms with Gasteiger partial charge in [-0.3, -0.25) is 0 Å². The van der Waals surface area contributed by atoms with E-state index in [0.29, 0.717) is 5.92 Å². The van der Waals surface area contributed by atoms with Gasteiger partial charge in [0.25, 0.3) is 0 Å². The Balaban J connectivity index is 2.93. The number of aliphatic hydroxyl groups is 1. The van der Waals surface area contributed by atoms with Crippen LogP contribution in [0.1, 0.15) is 50.3 Å². The molecule has 0 aromatic heterocycles. The molecule has 0 saturated carbocycles. The summed E-state index contributed by atoms with van der Waals surface area (Å²) in [5.74, 6) is 0.552. The first-order valence-electron chi connectivity index (χ1n) is 6.17. The predicted molar refractivity (Wildman–Crippen MR) is 69.6 cm³/mol. The van der Waals surface area contributed by atoms with E-state index in [1.165, 1.54) is 11.1 Å². The monoisotopic (exact) mass is 220 g/mol. The van der Waals surface area contributed by atoms with Gasteiger partial charge in [-0.05, 0) is 49.8 Å². The lowest BCUT2D eigenvalue weighted by atomic mass is 9.85. The minimum absolute atomic E-state index is 0.552. The summed E-state index contributed by atoms with van der Waals surface area (Å²) < 4.78 is 0. The zero-order valence-corrected chi connectivity index (χ0v) is 11.2. The second-order valence-electron chi connectivity index (χ2n) is 5.29. The molecule has 1 N–H and O–H groups in total. The van der Waals surface area contributed by atoms with Crippen molar-refractivity contribution < 1.29 is 5.11 Å². The van der Waals surface area contributed by atoms with E-state index in [1.54, 1.807) is 0 Å². The van der Waals surface area contributed by atoms with Crippen molar-refractivity contribution in [2.24, 2.45) is 5.92 Å². The smallest absolute Gasteiger partial charge is 0.0871 e. The fourth-order valence-corrected chi connectivity index (χ4v) is 2.02. The first-order chi connectivity index (χ1) is 7.36. The van der Waals surface area contributed by atoms with Gasteiger partial charge in [0.1, 0.15) is 0 Å². The van der Waals surface area contributed by atoms with Gasteiger partial charge in [-0.15, -0.1) is 0 Å². The van der Waals surface area contributed by atoms with Gasteiger partial charge >= 0.3 is 0 Å². The van der Waals surface area contributed by atoms with Crippen molar-refractivity contribution in [2.75, 3.05) is 0 Å². The summed E-state index contributed by atoms with van der Waals surface area (Å²) in [5, 5.41) is 10.5. The Bertz CT molecular complexity index is 352. The summed E-state index contributed by atoms with van der Waals surface area (Å²) in [6.07, 6.45) is 1.94. The quantitative estimate of drug-likeness (QED) is 0.814. The molecule has 0 radical (unpaired) electrons. The van der Waals surface area contributed by atoms with E-state index in [1.807, 2.05) is 13.0 Å². The van der Waals surface area contributed by atoms with Gasteiger partial charge in [0, 0.05) is 0 Å². The molecule has 1 heteroatoms. The molecule has 0 aliphatic rings. The van der Waals surface area contributed by atoms with Gasteiger partial charge in [-0.2, -0.15) is 0 Å². The molecule has 2 atom stereocenters. The van der Waals surface area contributed by atoms with Crippen LogP contribution >= 0.6 is 0 Å². The number of hydrogen-bond acceptors (Lipinski definition) is 1. The van der Waals surface area contributed by atoms with Crippen molar-refractivity contribution in [1.82, 2.24) is 0 Å². The molecule has 90 valence electrons. The minimum Gasteiger partial charge on any atom is -0.385 e. The van der Waals surface area contributed by atoms with Crippen LogP contribution in [-0.4, -0.2) is 5.11 Å². The van der Waals surface area contributed by atoms with Gasteiger partial charge in [-0.25, -0.2) is 0 Å². The number of aryl methyl sites for hydroxylation is 2. The molecular weight excluding hydrogens is 196 g/mol. The van der Waals surface area contributed by atoms with E-state index >= 15 is 0 Å². The highest BCUT2D eigenvalue weighted by atomic mass is 16.3.